The van der Waals surface area contributed by atoms with Crippen LogP contribution in [0.5, 0.6) is 5.75 Å². The van der Waals surface area contributed by atoms with Gasteiger partial charge in [-0.2, -0.15) is 0 Å². The molecule has 0 aliphatic heterocycles. The Morgan fingerprint density at radius 2 is 2.22 bits per heavy atom. The number of hydrogen-bond acceptors (Lipinski definition) is 4. The summed E-state index contributed by atoms with van der Waals surface area (Å²) in [5.74, 6) is 0.586. The molecule has 0 aliphatic carbocycles. The third kappa shape index (κ3) is 2.53. The monoisotopic (exact) mass is 314 g/mol. The van der Waals surface area contributed by atoms with E-state index in [4.69, 9.17) is 9.15 Å². The molecule has 1 aromatic carbocycles. The molecule has 0 N–H and O–H groups in total. The molecule has 4 nitrogen and oxygen atoms in total. The van der Waals surface area contributed by atoms with Crippen LogP contribution in [0, 0.1) is 5.82 Å². The van der Waals surface area contributed by atoms with Crippen LogP contribution in [-0.4, -0.2) is 17.3 Å². The lowest BCUT2D eigenvalue weighted by Crippen LogP contribution is -1.88. The zero-order valence-corrected chi connectivity index (χ0v) is 11.6. The molecule has 0 fully saturated rings. The summed E-state index contributed by atoms with van der Waals surface area (Å²) in [5, 5.41) is 7.88. The molecule has 1 heterocycles. The molecular weight excluding hydrogens is 303 g/mol. The highest BCUT2D eigenvalue weighted by Crippen LogP contribution is 2.29. The topological polar surface area (TPSA) is 48.2 Å². The molecular formula is C12H12BrFN2O2. The fraction of sp³-hybridized carbons (Fsp3) is 0.333. The first-order valence-corrected chi connectivity index (χ1v) is 6.38. The zero-order valence-electron chi connectivity index (χ0n) is 9.98. The molecule has 2 aromatic rings. The number of alkyl halides is 1. The molecule has 1 unspecified atom stereocenters. The van der Waals surface area contributed by atoms with Crippen molar-refractivity contribution in [2.75, 3.05) is 7.11 Å². The molecule has 6 heteroatoms. The van der Waals surface area contributed by atoms with Gasteiger partial charge in [-0.1, -0.05) is 22.9 Å². The molecule has 96 valence electrons. The Morgan fingerprint density at radius 3 is 2.89 bits per heavy atom. The summed E-state index contributed by atoms with van der Waals surface area (Å²) >= 11 is 3.43. The minimum absolute atomic E-state index is 0.0288. The number of ether oxygens (including phenoxy) is 1. The van der Waals surface area contributed by atoms with Crippen LogP contribution < -0.4 is 4.74 Å². The second kappa shape index (κ2) is 5.48. The zero-order chi connectivity index (χ0) is 13.1. The van der Waals surface area contributed by atoms with Gasteiger partial charge in [-0.3, -0.25) is 0 Å². The number of rotatable bonds is 4. The Balaban J connectivity index is 2.34. The van der Waals surface area contributed by atoms with Crippen molar-refractivity contribution in [2.45, 2.75) is 18.2 Å². The predicted octanol–water partition coefficient (Wildman–Crippen LogP) is 3.73. The number of hydrogen-bond donors (Lipinski definition) is 0. The predicted molar refractivity (Wildman–Crippen MR) is 68.2 cm³/mol. The van der Waals surface area contributed by atoms with Gasteiger partial charge in [0.25, 0.3) is 0 Å². The molecule has 0 aliphatic rings. The van der Waals surface area contributed by atoms with Crippen LogP contribution in [0.3, 0.4) is 0 Å². The lowest BCUT2D eigenvalue weighted by molar-refractivity contribution is 0.386. The maximum absolute atomic E-state index is 13.3. The molecule has 0 spiro atoms. The van der Waals surface area contributed by atoms with Gasteiger partial charge in [0.1, 0.15) is 0 Å². The van der Waals surface area contributed by atoms with Crippen molar-refractivity contribution in [3.05, 3.63) is 29.9 Å². The van der Waals surface area contributed by atoms with Crippen LogP contribution in [-0.2, 0) is 0 Å². The molecule has 0 saturated heterocycles. The summed E-state index contributed by atoms with van der Waals surface area (Å²) in [7, 11) is 1.41. The number of nitrogens with zero attached hydrogens (tertiary/aromatic N) is 2. The van der Waals surface area contributed by atoms with Crippen LogP contribution in [0.1, 0.15) is 24.1 Å². The van der Waals surface area contributed by atoms with Crippen molar-refractivity contribution >= 4 is 15.9 Å². The van der Waals surface area contributed by atoms with Crippen molar-refractivity contribution < 1.29 is 13.5 Å². The van der Waals surface area contributed by atoms with Gasteiger partial charge in [0.05, 0.1) is 11.9 Å². The lowest BCUT2D eigenvalue weighted by Gasteiger charge is -2.02. The van der Waals surface area contributed by atoms with Crippen LogP contribution in [0.4, 0.5) is 4.39 Å². The van der Waals surface area contributed by atoms with Gasteiger partial charge in [0.15, 0.2) is 11.6 Å². The summed E-state index contributed by atoms with van der Waals surface area (Å²) in [5.41, 5.74) is 0.628. The van der Waals surface area contributed by atoms with Crippen molar-refractivity contribution in [1.29, 1.82) is 0 Å². The highest BCUT2D eigenvalue weighted by atomic mass is 79.9. The van der Waals surface area contributed by atoms with Gasteiger partial charge in [0, 0.05) is 5.56 Å². The van der Waals surface area contributed by atoms with E-state index in [1.54, 1.807) is 6.07 Å². The molecule has 0 amide bonds. The van der Waals surface area contributed by atoms with Gasteiger partial charge in [-0.25, -0.2) is 4.39 Å². The van der Waals surface area contributed by atoms with E-state index < -0.39 is 5.82 Å². The number of benzene rings is 1. The van der Waals surface area contributed by atoms with E-state index in [2.05, 4.69) is 26.1 Å². The summed E-state index contributed by atoms with van der Waals surface area (Å²) in [6.45, 7) is 2.00. The Labute approximate surface area is 112 Å². The maximum atomic E-state index is 13.3. The third-order valence-electron chi connectivity index (χ3n) is 2.47. The smallest absolute Gasteiger partial charge is 0.247 e. The van der Waals surface area contributed by atoms with Crippen LogP contribution in [0.25, 0.3) is 11.5 Å². The largest absolute Gasteiger partial charge is 0.494 e. The minimum Gasteiger partial charge on any atom is -0.494 e. The number of methoxy groups -OCH3 is 1. The second-order valence-electron chi connectivity index (χ2n) is 3.67. The molecule has 0 radical (unpaired) electrons. The van der Waals surface area contributed by atoms with E-state index in [9.17, 15) is 4.39 Å². The van der Waals surface area contributed by atoms with E-state index in [0.29, 0.717) is 17.3 Å². The lowest BCUT2D eigenvalue weighted by atomic mass is 10.2. The highest BCUT2D eigenvalue weighted by molar-refractivity contribution is 9.09. The standard InChI is InChI=1S/C12H12BrFN2O2/c1-3-8(13)12-16-15-11(18-12)7-4-5-9(14)10(6-7)17-2/h4-6,8H,3H2,1-2H3. The Hall–Kier alpha value is -1.43. The van der Waals surface area contributed by atoms with Crippen molar-refractivity contribution in [2.24, 2.45) is 0 Å². The molecule has 1 aromatic heterocycles. The van der Waals surface area contributed by atoms with E-state index in [0.717, 1.165) is 6.42 Å². The second-order valence-corrected chi connectivity index (χ2v) is 4.78. The summed E-state index contributed by atoms with van der Waals surface area (Å²) in [4.78, 5) is 0.0288. The summed E-state index contributed by atoms with van der Waals surface area (Å²) in [6, 6.07) is 4.41. The van der Waals surface area contributed by atoms with Gasteiger partial charge >= 0.3 is 0 Å². The number of halogens is 2. The van der Waals surface area contributed by atoms with Crippen LogP contribution in [0.2, 0.25) is 0 Å². The molecule has 2 rings (SSSR count). The van der Waals surface area contributed by atoms with E-state index in [1.165, 1.54) is 19.2 Å². The van der Waals surface area contributed by atoms with Crippen LogP contribution >= 0.6 is 15.9 Å². The van der Waals surface area contributed by atoms with Gasteiger partial charge < -0.3 is 9.15 Å². The first kappa shape index (κ1) is 13.0. The van der Waals surface area contributed by atoms with E-state index in [-0.39, 0.29) is 10.6 Å². The third-order valence-corrected chi connectivity index (χ3v) is 3.50. The Bertz CT molecular complexity index is 545. The normalized spacial score (nSPS) is 12.4. The van der Waals surface area contributed by atoms with Gasteiger partial charge in [-0.15, -0.1) is 10.2 Å². The maximum Gasteiger partial charge on any atom is 0.247 e. The summed E-state index contributed by atoms with van der Waals surface area (Å²) in [6.07, 6.45) is 0.842. The molecule has 1 atom stereocenters. The summed E-state index contributed by atoms with van der Waals surface area (Å²) < 4.78 is 23.7. The Kier molecular flexibility index (Phi) is 3.96. The highest BCUT2D eigenvalue weighted by Gasteiger charge is 2.15. The first-order valence-electron chi connectivity index (χ1n) is 5.47. The fourth-order valence-corrected chi connectivity index (χ4v) is 1.63. The van der Waals surface area contributed by atoms with Crippen molar-refractivity contribution in [3.63, 3.8) is 0 Å². The average Bonchev–Trinajstić information content (AvgIpc) is 2.88. The van der Waals surface area contributed by atoms with E-state index in [1.807, 2.05) is 6.92 Å². The Morgan fingerprint density at radius 1 is 1.44 bits per heavy atom. The minimum atomic E-state index is -0.423. The average molecular weight is 315 g/mol. The fourth-order valence-electron chi connectivity index (χ4n) is 1.45. The molecule has 0 saturated carbocycles. The van der Waals surface area contributed by atoms with E-state index >= 15 is 0 Å². The molecule has 18 heavy (non-hydrogen) atoms. The SMILES string of the molecule is CCC(Br)c1nnc(-c2ccc(F)c(OC)c2)o1. The van der Waals surface area contributed by atoms with Crippen molar-refractivity contribution in [1.82, 2.24) is 10.2 Å². The van der Waals surface area contributed by atoms with Crippen LogP contribution in [0.15, 0.2) is 22.6 Å². The van der Waals surface area contributed by atoms with Gasteiger partial charge in [0.2, 0.25) is 11.8 Å². The molecule has 0 bridgehead atoms. The number of aromatic nitrogens is 2. The first-order chi connectivity index (χ1) is 8.65. The quantitative estimate of drug-likeness (QED) is 0.807. The van der Waals surface area contributed by atoms with Crippen molar-refractivity contribution in [3.8, 4) is 17.2 Å². The van der Waals surface area contributed by atoms with Gasteiger partial charge in [-0.05, 0) is 24.6 Å².